The van der Waals surface area contributed by atoms with Crippen LogP contribution in [-0.2, 0) is 42.8 Å². The molecule has 18 unspecified atom stereocenters. The molecule has 3 aliphatic rings. The summed E-state index contributed by atoms with van der Waals surface area (Å²) in [5, 5.41) is 136. The summed E-state index contributed by atoms with van der Waals surface area (Å²) in [5.74, 6) is -6.09. The largest absolute Gasteiger partial charge is 0.477 e. The van der Waals surface area contributed by atoms with Gasteiger partial charge >= 0.3 is 5.97 Å². The van der Waals surface area contributed by atoms with Crippen LogP contribution >= 0.6 is 0 Å². The maximum absolute atomic E-state index is 13.5. The van der Waals surface area contributed by atoms with Gasteiger partial charge in [-0.1, -0.05) is 239 Å². The third-order valence-electron chi connectivity index (χ3n) is 18.3. The summed E-state index contributed by atoms with van der Waals surface area (Å²) < 4.78 is 34.9. The van der Waals surface area contributed by atoms with Crippen molar-refractivity contribution in [1.29, 1.82) is 0 Å². The van der Waals surface area contributed by atoms with Crippen LogP contribution in [0.1, 0.15) is 271 Å². The van der Waals surface area contributed by atoms with Gasteiger partial charge < -0.3 is 100 Å². The van der Waals surface area contributed by atoms with E-state index in [1.165, 1.54) is 167 Å². The molecule has 3 fully saturated rings. The van der Waals surface area contributed by atoms with Gasteiger partial charge in [0.2, 0.25) is 11.8 Å². The maximum Gasteiger partial charge on any atom is 0.364 e. The number of carbonyl (C=O) groups is 3. The lowest BCUT2D eigenvalue weighted by Gasteiger charge is -2.50. The summed E-state index contributed by atoms with van der Waals surface area (Å²) in [7, 11) is 0. The molecule has 90 heavy (non-hydrogen) atoms. The molecule has 3 rings (SSSR count). The van der Waals surface area contributed by atoms with Crippen LogP contribution in [0.4, 0.5) is 0 Å². The number of carboxylic acid groups (broad SMARTS) is 1. The zero-order valence-electron chi connectivity index (χ0n) is 55.3. The number of aliphatic hydroxyl groups is 11. The Kier molecular flexibility index (Phi) is 44.1. The number of aliphatic carboxylic acids is 1. The van der Waals surface area contributed by atoms with E-state index >= 15 is 0 Å². The van der Waals surface area contributed by atoms with Crippen LogP contribution in [0.25, 0.3) is 0 Å². The Bertz CT molecular complexity index is 1830. The number of hydrogen-bond acceptors (Lipinski definition) is 20. The van der Waals surface area contributed by atoms with Crippen molar-refractivity contribution in [2.45, 2.75) is 381 Å². The molecule has 23 nitrogen and oxygen atoms in total. The highest BCUT2D eigenvalue weighted by atomic mass is 16.8. The van der Waals surface area contributed by atoms with Crippen molar-refractivity contribution in [1.82, 2.24) is 10.6 Å². The first-order valence-corrected chi connectivity index (χ1v) is 35.4. The highest BCUT2D eigenvalue weighted by Gasteiger charge is 2.60. The predicted molar refractivity (Wildman–Crippen MR) is 339 cm³/mol. The van der Waals surface area contributed by atoms with E-state index in [4.69, 9.17) is 28.4 Å². The van der Waals surface area contributed by atoms with Crippen molar-refractivity contribution in [3.63, 3.8) is 0 Å². The Balaban J connectivity index is 1.58. The Hall–Kier alpha value is -2.27. The van der Waals surface area contributed by atoms with Gasteiger partial charge in [-0.3, -0.25) is 9.59 Å². The highest BCUT2D eigenvalue weighted by molar-refractivity contribution is 5.77. The molecular formula is C67H126N2O21. The lowest BCUT2D eigenvalue weighted by atomic mass is 9.88. The number of carboxylic acids is 1. The quantitative estimate of drug-likeness (QED) is 0.0288. The van der Waals surface area contributed by atoms with E-state index in [1.54, 1.807) is 0 Å². The zero-order valence-corrected chi connectivity index (χ0v) is 55.3. The fourth-order valence-corrected chi connectivity index (χ4v) is 12.7. The summed E-state index contributed by atoms with van der Waals surface area (Å²) in [6.45, 7) is 2.23. The first kappa shape index (κ1) is 82.0. The number of aliphatic hydroxyl groups excluding tert-OH is 11. The Morgan fingerprint density at radius 3 is 1.39 bits per heavy atom. The predicted octanol–water partition coefficient (Wildman–Crippen LogP) is 6.51. The molecule has 3 saturated heterocycles. The van der Waals surface area contributed by atoms with E-state index < -0.39 is 148 Å². The van der Waals surface area contributed by atoms with E-state index in [9.17, 15) is 75.7 Å². The maximum atomic E-state index is 13.5. The number of carbonyl (C=O) groups excluding carboxylic acids is 2. The van der Waals surface area contributed by atoms with Gasteiger partial charge in [0.15, 0.2) is 12.6 Å². The summed E-state index contributed by atoms with van der Waals surface area (Å²) in [6.07, 6.45) is 15.3. The summed E-state index contributed by atoms with van der Waals surface area (Å²) in [4.78, 5) is 38.5. The van der Waals surface area contributed by atoms with E-state index in [0.717, 1.165) is 58.3 Å². The summed E-state index contributed by atoms with van der Waals surface area (Å²) in [5.41, 5.74) is 0. The SMILES string of the molecule is CCCCCCCCCCCCCCCCCCCCCCCC(O)C(COC1OC(CO)C(OC2OC(CO)C(O)C(OC3(C(=O)O)CC(O)C(NC(C)=O)C(C(O)C(O)CO)O3)C2O)C(O)C1O)NC(=O)CCCCCCCCCCCCCCCCC. The number of amides is 2. The van der Waals surface area contributed by atoms with Crippen LogP contribution in [0.2, 0.25) is 0 Å². The van der Waals surface area contributed by atoms with Crippen LogP contribution in [-0.4, -0.2) is 215 Å². The summed E-state index contributed by atoms with van der Waals surface area (Å²) in [6, 6.07) is -2.52. The van der Waals surface area contributed by atoms with Crippen LogP contribution in [0.3, 0.4) is 0 Å². The topological polar surface area (TPSA) is 373 Å². The van der Waals surface area contributed by atoms with Gasteiger partial charge in [-0.05, 0) is 12.8 Å². The molecule has 0 radical (unpaired) electrons. The Labute approximate surface area is 538 Å². The van der Waals surface area contributed by atoms with E-state index in [2.05, 4.69) is 24.5 Å². The Morgan fingerprint density at radius 2 is 0.967 bits per heavy atom. The first-order valence-electron chi connectivity index (χ1n) is 35.4. The monoisotopic (exact) mass is 1290 g/mol. The molecule has 0 aromatic carbocycles. The molecule has 0 aromatic rings. The van der Waals surface area contributed by atoms with Gasteiger partial charge in [-0.25, -0.2) is 4.79 Å². The van der Waals surface area contributed by atoms with Gasteiger partial charge in [0.05, 0.1) is 50.7 Å². The van der Waals surface area contributed by atoms with Crippen molar-refractivity contribution in [3.05, 3.63) is 0 Å². The van der Waals surface area contributed by atoms with Crippen molar-refractivity contribution in [2.24, 2.45) is 0 Å². The molecule has 3 aliphatic heterocycles. The van der Waals surface area contributed by atoms with Crippen molar-refractivity contribution in [2.75, 3.05) is 26.4 Å². The van der Waals surface area contributed by atoms with Crippen LogP contribution < -0.4 is 10.6 Å². The van der Waals surface area contributed by atoms with E-state index in [1.807, 2.05) is 0 Å². The summed E-state index contributed by atoms with van der Waals surface area (Å²) >= 11 is 0. The number of unbranched alkanes of at least 4 members (excludes halogenated alkanes) is 34. The fourth-order valence-electron chi connectivity index (χ4n) is 12.7. The lowest BCUT2D eigenvalue weighted by molar-refractivity contribution is -0.386. The molecule has 14 N–H and O–H groups in total. The molecular weight excluding hydrogens is 1170 g/mol. The van der Waals surface area contributed by atoms with Crippen LogP contribution in [0.15, 0.2) is 0 Å². The zero-order chi connectivity index (χ0) is 66.1. The normalized spacial score (nSPS) is 28.5. The molecule has 0 aliphatic carbocycles. The minimum Gasteiger partial charge on any atom is -0.477 e. The minimum atomic E-state index is -3.08. The average Bonchev–Trinajstić information content (AvgIpc) is 0.804. The highest BCUT2D eigenvalue weighted by Crippen LogP contribution is 2.39. The van der Waals surface area contributed by atoms with Crippen LogP contribution in [0.5, 0.6) is 0 Å². The van der Waals surface area contributed by atoms with Gasteiger partial charge in [0.1, 0.15) is 67.1 Å². The third-order valence-corrected chi connectivity index (χ3v) is 18.3. The molecule has 0 spiro atoms. The second kappa shape index (κ2) is 48.4. The van der Waals surface area contributed by atoms with Crippen molar-refractivity contribution >= 4 is 17.8 Å². The second-order valence-electron chi connectivity index (χ2n) is 26.1. The minimum absolute atomic E-state index is 0.229. The first-order chi connectivity index (χ1) is 43.4. The number of nitrogens with one attached hydrogen (secondary N) is 2. The fraction of sp³-hybridized carbons (Fsp3) is 0.955. The number of hydrogen-bond donors (Lipinski definition) is 14. The molecule has 18 atom stereocenters. The van der Waals surface area contributed by atoms with E-state index in [0.29, 0.717) is 19.3 Å². The van der Waals surface area contributed by atoms with Gasteiger partial charge in [-0.15, -0.1) is 0 Å². The molecule has 3 heterocycles. The Morgan fingerprint density at radius 1 is 0.533 bits per heavy atom. The number of ether oxygens (including phenoxy) is 6. The van der Waals surface area contributed by atoms with E-state index in [-0.39, 0.29) is 18.9 Å². The third kappa shape index (κ3) is 30.6. The van der Waals surface area contributed by atoms with Gasteiger partial charge in [-0.2, -0.15) is 0 Å². The molecule has 0 bridgehead atoms. The van der Waals surface area contributed by atoms with Gasteiger partial charge in [0.25, 0.3) is 5.79 Å². The lowest BCUT2D eigenvalue weighted by Crippen LogP contribution is -2.70. The van der Waals surface area contributed by atoms with Gasteiger partial charge in [0, 0.05) is 19.8 Å². The molecule has 0 saturated carbocycles. The van der Waals surface area contributed by atoms with Crippen LogP contribution in [0, 0.1) is 0 Å². The molecule has 23 heteroatoms. The average molecular weight is 1300 g/mol. The second-order valence-corrected chi connectivity index (χ2v) is 26.1. The van der Waals surface area contributed by atoms with Crippen molar-refractivity contribution in [3.8, 4) is 0 Å². The molecule has 0 aromatic heterocycles. The molecule has 530 valence electrons. The molecule has 2 amide bonds. The number of rotatable bonds is 54. The smallest absolute Gasteiger partial charge is 0.364 e. The standard InChI is InChI=1S/C67H126N2O21/c1-4-6-8-10-12-14-16-18-20-21-22-23-24-25-27-28-30-32-34-36-38-40-49(74)48(69-54(77)41-39-37-35-33-31-29-26-19-17-15-13-11-9-7-5-2)46-85-64-59(81)58(80)61(53(45-72)87-64)88-65-60(82)63(57(79)52(44-71)86-65)90-67(66(83)84)42-50(75)55(68-47(3)73)62(89-67)56(78)51(76)43-70/h48-53,55-65,70-72,74-76,78-82H,4-46H2,1-3H3,(H,68,73)(H,69,77)(H,83,84). The van der Waals surface area contributed by atoms with Crippen molar-refractivity contribution < 1.29 is 104 Å².